The fraction of sp³-hybridized carbons (Fsp3) is 0.261. The predicted octanol–water partition coefficient (Wildman–Crippen LogP) is 3.38. The third-order valence-corrected chi connectivity index (χ3v) is 5.06. The van der Waals surface area contributed by atoms with Gasteiger partial charge in [0.25, 0.3) is 0 Å². The molecular weight excluding hydrogens is 384 g/mol. The van der Waals surface area contributed by atoms with Crippen LogP contribution in [0.25, 0.3) is 0 Å². The van der Waals surface area contributed by atoms with Crippen molar-refractivity contribution in [3.63, 3.8) is 0 Å². The van der Waals surface area contributed by atoms with Gasteiger partial charge in [-0.25, -0.2) is 4.79 Å². The van der Waals surface area contributed by atoms with Gasteiger partial charge in [-0.2, -0.15) is 0 Å². The van der Waals surface area contributed by atoms with E-state index in [1.807, 2.05) is 48.7 Å². The second-order valence-corrected chi connectivity index (χ2v) is 7.13. The molecule has 2 aromatic heterocycles. The molecule has 0 aliphatic carbocycles. The number of ether oxygens (including phenoxy) is 3. The van der Waals surface area contributed by atoms with Crippen molar-refractivity contribution < 1.29 is 23.8 Å². The number of Topliss-reactive ketones (excluding diaryl/α,β-unsaturated/α-hetero) is 1. The summed E-state index contributed by atoms with van der Waals surface area (Å²) >= 11 is 0. The van der Waals surface area contributed by atoms with Crippen LogP contribution >= 0.6 is 0 Å². The number of rotatable bonds is 6. The number of fused-ring (bicyclic) bond motifs is 1. The number of ketones is 1. The molecule has 0 spiro atoms. The number of para-hydroxylation sites is 2. The minimum absolute atomic E-state index is 0.170. The summed E-state index contributed by atoms with van der Waals surface area (Å²) in [7, 11) is 0. The van der Waals surface area contributed by atoms with Gasteiger partial charge in [-0.3, -0.25) is 9.78 Å². The molecule has 3 heterocycles. The first-order chi connectivity index (χ1) is 14.5. The van der Waals surface area contributed by atoms with Crippen LogP contribution in [0.3, 0.4) is 0 Å². The number of esters is 1. The van der Waals surface area contributed by atoms with Gasteiger partial charge < -0.3 is 18.8 Å². The average molecular weight is 406 g/mol. The molecule has 0 amide bonds. The molecule has 0 unspecified atom stereocenters. The van der Waals surface area contributed by atoms with Crippen LogP contribution in [0.5, 0.6) is 11.5 Å². The number of hydrogen-bond donors (Lipinski definition) is 0. The van der Waals surface area contributed by atoms with E-state index in [9.17, 15) is 9.59 Å². The van der Waals surface area contributed by atoms with Crippen molar-refractivity contribution in [2.24, 2.45) is 0 Å². The van der Waals surface area contributed by atoms with E-state index in [0.717, 1.165) is 22.9 Å². The lowest BCUT2D eigenvalue weighted by Gasteiger charge is -2.27. The average Bonchev–Trinajstić information content (AvgIpc) is 3.06. The Morgan fingerprint density at radius 3 is 2.73 bits per heavy atom. The van der Waals surface area contributed by atoms with Crippen LogP contribution in [0.15, 0.2) is 54.9 Å². The molecule has 154 valence electrons. The highest BCUT2D eigenvalue weighted by Crippen LogP contribution is 2.31. The van der Waals surface area contributed by atoms with Crippen molar-refractivity contribution in [1.29, 1.82) is 0 Å². The quantitative estimate of drug-likeness (QED) is 0.461. The molecule has 4 rings (SSSR count). The third-order valence-electron chi connectivity index (χ3n) is 5.06. The van der Waals surface area contributed by atoms with Gasteiger partial charge in [0, 0.05) is 29.3 Å². The number of nitrogens with zero attached hydrogens (tertiary/aromatic N) is 2. The molecular formula is C23H22N2O5. The van der Waals surface area contributed by atoms with E-state index in [0.29, 0.717) is 24.3 Å². The van der Waals surface area contributed by atoms with Crippen LogP contribution in [0.4, 0.5) is 0 Å². The largest absolute Gasteiger partial charge is 0.486 e. The summed E-state index contributed by atoms with van der Waals surface area (Å²) in [5, 5.41) is 0. The minimum Gasteiger partial charge on any atom is -0.486 e. The Balaban J connectivity index is 1.42. The summed E-state index contributed by atoms with van der Waals surface area (Å²) in [6, 6.07) is 12.6. The summed E-state index contributed by atoms with van der Waals surface area (Å²) in [6.07, 6.45) is 2.80. The fourth-order valence-corrected chi connectivity index (χ4v) is 3.50. The van der Waals surface area contributed by atoms with Crippen molar-refractivity contribution in [3.05, 3.63) is 77.4 Å². The monoisotopic (exact) mass is 406 g/mol. The van der Waals surface area contributed by atoms with Crippen LogP contribution in [-0.2, 0) is 11.3 Å². The molecule has 0 saturated carbocycles. The predicted molar refractivity (Wildman–Crippen MR) is 109 cm³/mol. The zero-order valence-electron chi connectivity index (χ0n) is 16.8. The maximum Gasteiger partial charge on any atom is 0.340 e. The highest BCUT2D eigenvalue weighted by molar-refractivity contribution is 6.00. The number of benzene rings is 1. The van der Waals surface area contributed by atoms with Crippen molar-refractivity contribution in [1.82, 2.24) is 9.55 Å². The number of aromatic nitrogens is 2. The van der Waals surface area contributed by atoms with Gasteiger partial charge in [-0.15, -0.1) is 0 Å². The van der Waals surface area contributed by atoms with Gasteiger partial charge in [0.1, 0.15) is 6.61 Å². The third kappa shape index (κ3) is 4.05. The molecule has 0 saturated heterocycles. The molecule has 7 heteroatoms. The Morgan fingerprint density at radius 1 is 1.17 bits per heavy atom. The van der Waals surface area contributed by atoms with Crippen molar-refractivity contribution >= 4 is 11.8 Å². The van der Waals surface area contributed by atoms with Gasteiger partial charge >= 0.3 is 5.97 Å². The second kappa shape index (κ2) is 8.41. The summed E-state index contributed by atoms with van der Waals surface area (Å²) in [5.74, 6) is 0.630. The molecule has 0 radical (unpaired) electrons. The molecule has 30 heavy (non-hydrogen) atoms. The van der Waals surface area contributed by atoms with Gasteiger partial charge in [-0.1, -0.05) is 12.1 Å². The highest BCUT2D eigenvalue weighted by atomic mass is 16.6. The number of aryl methyl sites for hydroxylation is 1. The van der Waals surface area contributed by atoms with E-state index >= 15 is 0 Å². The zero-order valence-corrected chi connectivity index (χ0v) is 16.8. The van der Waals surface area contributed by atoms with Crippen molar-refractivity contribution in [2.75, 3.05) is 13.2 Å². The Hall–Kier alpha value is -3.61. The molecule has 1 atom stereocenters. The van der Waals surface area contributed by atoms with Crippen LogP contribution in [0.1, 0.15) is 32.1 Å². The van der Waals surface area contributed by atoms with Crippen LogP contribution in [0.2, 0.25) is 0 Å². The second-order valence-electron chi connectivity index (χ2n) is 7.13. The van der Waals surface area contributed by atoms with E-state index in [-0.39, 0.29) is 18.5 Å². The maximum absolute atomic E-state index is 12.7. The molecule has 1 aromatic carbocycles. The van der Waals surface area contributed by atoms with Crippen LogP contribution in [-0.4, -0.2) is 40.6 Å². The standard InChI is InChI=1S/C23H22N2O5/c1-15-10-19(20(26)14-29-23(27)17-6-5-9-24-11-17)16(2)25(15)12-18-13-28-21-7-3-4-8-22(21)30-18/h3-11,18H,12-14H2,1-2H3/t18-/m1/s1. The summed E-state index contributed by atoms with van der Waals surface area (Å²) in [5.41, 5.74) is 2.57. The maximum atomic E-state index is 12.7. The van der Waals surface area contributed by atoms with E-state index in [4.69, 9.17) is 14.2 Å². The lowest BCUT2D eigenvalue weighted by Crippen LogP contribution is -2.33. The van der Waals surface area contributed by atoms with Gasteiger partial charge in [0.05, 0.1) is 12.1 Å². The number of pyridine rings is 1. The Bertz CT molecular complexity index is 1070. The molecule has 7 nitrogen and oxygen atoms in total. The Kier molecular flexibility index (Phi) is 5.52. The number of hydrogen-bond acceptors (Lipinski definition) is 6. The van der Waals surface area contributed by atoms with Crippen LogP contribution < -0.4 is 9.47 Å². The zero-order chi connectivity index (χ0) is 21.1. The number of carbonyl (C=O) groups is 2. The smallest absolute Gasteiger partial charge is 0.340 e. The molecule has 3 aromatic rings. The fourth-order valence-electron chi connectivity index (χ4n) is 3.50. The van der Waals surface area contributed by atoms with Gasteiger partial charge in [0.2, 0.25) is 5.78 Å². The Morgan fingerprint density at radius 2 is 1.97 bits per heavy atom. The topological polar surface area (TPSA) is 79.7 Å². The summed E-state index contributed by atoms with van der Waals surface area (Å²) < 4.78 is 19.0. The molecule has 1 aliphatic heterocycles. The van der Waals surface area contributed by atoms with E-state index in [1.165, 1.54) is 6.20 Å². The Labute approximate surface area is 174 Å². The molecule has 1 aliphatic rings. The number of carbonyl (C=O) groups excluding carboxylic acids is 2. The van der Waals surface area contributed by atoms with Crippen molar-refractivity contribution in [3.8, 4) is 11.5 Å². The lowest BCUT2D eigenvalue weighted by molar-refractivity contribution is 0.0474. The minimum atomic E-state index is -0.573. The first-order valence-corrected chi connectivity index (χ1v) is 9.68. The van der Waals surface area contributed by atoms with E-state index in [1.54, 1.807) is 18.3 Å². The van der Waals surface area contributed by atoms with Gasteiger partial charge in [0.15, 0.2) is 24.2 Å². The van der Waals surface area contributed by atoms with Gasteiger partial charge in [-0.05, 0) is 44.2 Å². The molecule has 0 fully saturated rings. The molecule has 0 bridgehead atoms. The van der Waals surface area contributed by atoms with Crippen LogP contribution in [0, 0.1) is 13.8 Å². The summed E-state index contributed by atoms with van der Waals surface area (Å²) in [6.45, 7) is 4.47. The summed E-state index contributed by atoms with van der Waals surface area (Å²) in [4.78, 5) is 28.6. The van der Waals surface area contributed by atoms with E-state index < -0.39 is 5.97 Å². The van der Waals surface area contributed by atoms with Crippen molar-refractivity contribution in [2.45, 2.75) is 26.5 Å². The van der Waals surface area contributed by atoms with E-state index in [2.05, 4.69) is 4.98 Å². The first kappa shape index (κ1) is 19.7. The SMILES string of the molecule is Cc1cc(C(=O)COC(=O)c2cccnc2)c(C)n1C[C@@H]1COc2ccccc2O1. The first-order valence-electron chi connectivity index (χ1n) is 9.68. The highest BCUT2D eigenvalue weighted by Gasteiger charge is 2.24. The normalized spacial score (nSPS) is 14.9. The molecule has 0 N–H and O–H groups in total. The lowest BCUT2D eigenvalue weighted by atomic mass is 10.1.